The van der Waals surface area contributed by atoms with Gasteiger partial charge in [0.25, 0.3) is 0 Å². The number of thiol groups is 1. The lowest BCUT2D eigenvalue weighted by molar-refractivity contribution is 0.469. The third-order valence-corrected chi connectivity index (χ3v) is 2.45. The summed E-state index contributed by atoms with van der Waals surface area (Å²) in [5.41, 5.74) is 0. The van der Waals surface area contributed by atoms with E-state index in [1.807, 2.05) is 0 Å². The highest BCUT2D eigenvalue weighted by molar-refractivity contribution is 7.81. The van der Waals surface area contributed by atoms with E-state index in [2.05, 4.69) is 50.9 Å². The molecular formula is C11H23NS. The molecule has 0 amide bonds. The van der Waals surface area contributed by atoms with Gasteiger partial charge in [0, 0.05) is 0 Å². The molecule has 0 spiro atoms. The maximum absolute atomic E-state index is 4.59. The van der Waals surface area contributed by atoms with E-state index in [0.29, 0.717) is 0 Å². The van der Waals surface area contributed by atoms with E-state index in [0.717, 1.165) is 19.4 Å². The van der Waals surface area contributed by atoms with E-state index < -0.39 is 0 Å². The molecule has 1 N–H and O–H groups in total. The molecule has 1 nitrogen and oxygen atoms in total. The number of unbranched alkanes of at least 4 members (excludes halogenated alkanes) is 1. The third-order valence-electron chi connectivity index (χ3n) is 2.07. The SMILES string of the molecule is C/C=C\CCC(C)(S)NCCCC. The summed E-state index contributed by atoms with van der Waals surface area (Å²) in [5, 5.41) is 3.45. The predicted octanol–water partition coefficient (Wildman–Crippen LogP) is 3.38. The highest BCUT2D eigenvalue weighted by Gasteiger charge is 2.15. The van der Waals surface area contributed by atoms with Gasteiger partial charge in [-0.05, 0) is 39.7 Å². The molecule has 0 aromatic rings. The smallest absolute Gasteiger partial charge is 0.0590 e. The first-order valence-corrected chi connectivity index (χ1v) is 5.65. The Morgan fingerprint density at radius 2 is 2.15 bits per heavy atom. The first kappa shape index (κ1) is 13.1. The van der Waals surface area contributed by atoms with Crippen molar-refractivity contribution in [1.82, 2.24) is 5.32 Å². The second kappa shape index (κ2) is 7.45. The van der Waals surface area contributed by atoms with Gasteiger partial charge in [0.05, 0.1) is 4.87 Å². The fraction of sp³-hybridized carbons (Fsp3) is 0.818. The van der Waals surface area contributed by atoms with Gasteiger partial charge in [-0.3, -0.25) is 0 Å². The van der Waals surface area contributed by atoms with Gasteiger partial charge >= 0.3 is 0 Å². The van der Waals surface area contributed by atoms with Crippen molar-refractivity contribution in [2.75, 3.05) is 6.54 Å². The Morgan fingerprint density at radius 1 is 1.46 bits per heavy atom. The van der Waals surface area contributed by atoms with Crippen LogP contribution in [-0.4, -0.2) is 11.4 Å². The molecule has 0 heterocycles. The standard InChI is InChI=1S/C11H23NS/c1-4-6-8-9-11(3,13)12-10-7-5-2/h4,6,12-13H,5,7-10H2,1-3H3/b6-4-. The molecule has 1 unspecified atom stereocenters. The number of hydrogen-bond donors (Lipinski definition) is 2. The largest absolute Gasteiger partial charge is 0.303 e. The van der Waals surface area contributed by atoms with Gasteiger partial charge in [-0.25, -0.2) is 0 Å². The summed E-state index contributed by atoms with van der Waals surface area (Å²) in [6.07, 6.45) is 8.96. The maximum Gasteiger partial charge on any atom is 0.0590 e. The Labute approximate surface area is 88.4 Å². The van der Waals surface area contributed by atoms with Crippen LogP contribution in [0, 0.1) is 0 Å². The molecule has 0 fully saturated rings. The van der Waals surface area contributed by atoms with Gasteiger partial charge < -0.3 is 5.32 Å². The Kier molecular flexibility index (Phi) is 7.48. The summed E-state index contributed by atoms with van der Waals surface area (Å²) >= 11 is 4.59. The molecule has 0 rings (SSSR count). The van der Waals surface area contributed by atoms with Gasteiger partial charge in [-0.1, -0.05) is 25.5 Å². The fourth-order valence-electron chi connectivity index (χ4n) is 1.15. The first-order chi connectivity index (χ1) is 6.12. The molecule has 0 saturated carbocycles. The molecule has 0 radical (unpaired) electrons. The lowest BCUT2D eigenvalue weighted by Gasteiger charge is -2.24. The van der Waals surface area contributed by atoms with Crippen molar-refractivity contribution < 1.29 is 0 Å². The van der Waals surface area contributed by atoms with Crippen LogP contribution < -0.4 is 5.32 Å². The lowest BCUT2D eigenvalue weighted by atomic mass is 10.1. The van der Waals surface area contributed by atoms with Crippen LogP contribution in [0.5, 0.6) is 0 Å². The topological polar surface area (TPSA) is 12.0 Å². The zero-order valence-electron chi connectivity index (χ0n) is 9.14. The molecule has 0 aliphatic carbocycles. The number of nitrogens with one attached hydrogen (secondary N) is 1. The van der Waals surface area contributed by atoms with Gasteiger partial charge in [-0.2, -0.15) is 12.6 Å². The average molecular weight is 201 g/mol. The van der Waals surface area contributed by atoms with Crippen LogP contribution in [0.1, 0.15) is 46.5 Å². The number of allylic oxidation sites excluding steroid dienone is 2. The van der Waals surface area contributed by atoms with E-state index >= 15 is 0 Å². The first-order valence-electron chi connectivity index (χ1n) is 5.21. The van der Waals surface area contributed by atoms with Crippen molar-refractivity contribution in [3.05, 3.63) is 12.2 Å². The van der Waals surface area contributed by atoms with Gasteiger partial charge in [0.15, 0.2) is 0 Å². The van der Waals surface area contributed by atoms with Crippen molar-refractivity contribution in [3.63, 3.8) is 0 Å². The van der Waals surface area contributed by atoms with Crippen molar-refractivity contribution in [3.8, 4) is 0 Å². The van der Waals surface area contributed by atoms with Crippen LogP contribution in [0.2, 0.25) is 0 Å². The minimum Gasteiger partial charge on any atom is -0.303 e. The molecule has 0 aromatic heterocycles. The maximum atomic E-state index is 4.59. The molecule has 1 atom stereocenters. The second-order valence-electron chi connectivity index (χ2n) is 3.66. The quantitative estimate of drug-likeness (QED) is 0.278. The van der Waals surface area contributed by atoms with Crippen LogP contribution in [0.4, 0.5) is 0 Å². The van der Waals surface area contributed by atoms with Gasteiger partial charge in [0.1, 0.15) is 0 Å². The molecule has 2 heteroatoms. The molecule has 78 valence electrons. The molecule has 0 saturated heterocycles. The predicted molar refractivity (Wildman–Crippen MR) is 64.3 cm³/mol. The van der Waals surface area contributed by atoms with E-state index in [4.69, 9.17) is 0 Å². The molecular weight excluding hydrogens is 178 g/mol. The van der Waals surface area contributed by atoms with Crippen molar-refractivity contribution in [2.24, 2.45) is 0 Å². The van der Waals surface area contributed by atoms with Crippen LogP contribution in [0.15, 0.2) is 12.2 Å². The normalized spacial score (nSPS) is 16.3. The summed E-state index contributed by atoms with van der Waals surface area (Å²) < 4.78 is 0. The molecule has 0 bridgehead atoms. The lowest BCUT2D eigenvalue weighted by Crippen LogP contribution is -2.37. The summed E-state index contributed by atoms with van der Waals surface area (Å²) in [7, 11) is 0. The summed E-state index contributed by atoms with van der Waals surface area (Å²) in [4.78, 5) is -0.00528. The molecule has 0 aliphatic rings. The number of hydrogen-bond acceptors (Lipinski definition) is 2. The molecule has 0 aliphatic heterocycles. The summed E-state index contributed by atoms with van der Waals surface area (Å²) in [5.74, 6) is 0. The Bertz CT molecular complexity index is 141. The van der Waals surface area contributed by atoms with Crippen molar-refractivity contribution >= 4 is 12.6 Å². The molecule has 0 aromatic carbocycles. The zero-order chi connectivity index (χ0) is 10.2. The fourth-order valence-corrected chi connectivity index (χ4v) is 1.39. The Balaban J connectivity index is 3.53. The highest BCUT2D eigenvalue weighted by atomic mass is 32.1. The van der Waals surface area contributed by atoms with E-state index in [-0.39, 0.29) is 4.87 Å². The Morgan fingerprint density at radius 3 is 2.69 bits per heavy atom. The average Bonchev–Trinajstić information content (AvgIpc) is 2.05. The Hall–Kier alpha value is 0.0500. The van der Waals surface area contributed by atoms with Gasteiger partial charge in [-0.15, -0.1) is 0 Å². The van der Waals surface area contributed by atoms with E-state index in [1.54, 1.807) is 0 Å². The monoisotopic (exact) mass is 201 g/mol. The summed E-state index contributed by atoms with van der Waals surface area (Å²) in [6.45, 7) is 7.49. The van der Waals surface area contributed by atoms with Crippen LogP contribution >= 0.6 is 12.6 Å². The second-order valence-corrected chi connectivity index (χ2v) is 4.65. The molecule has 13 heavy (non-hydrogen) atoms. The summed E-state index contributed by atoms with van der Waals surface area (Å²) in [6, 6.07) is 0. The van der Waals surface area contributed by atoms with Gasteiger partial charge in [0.2, 0.25) is 0 Å². The van der Waals surface area contributed by atoms with Crippen molar-refractivity contribution in [2.45, 2.75) is 51.3 Å². The minimum absolute atomic E-state index is 0.00528. The van der Waals surface area contributed by atoms with Crippen molar-refractivity contribution in [1.29, 1.82) is 0 Å². The number of rotatable bonds is 7. The minimum atomic E-state index is -0.00528. The van der Waals surface area contributed by atoms with E-state index in [9.17, 15) is 0 Å². The third kappa shape index (κ3) is 8.38. The van der Waals surface area contributed by atoms with Crippen LogP contribution in [0.3, 0.4) is 0 Å². The van der Waals surface area contributed by atoms with Crippen LogP contribution in [-0.2, 0) is 0 Å². The highest BCUT2D eigenvalue weighted by Crippen LogP contribution is 2.17. The van der Waals surface area contributed by atoms with E-state index in [1.165, 1.54) is 12.8 Å². The zero-order valence-corrected chi connectivity index (χ0v) is 10.0. The van der Waals surface area contributed by atoms with Crippen LogP contribution in [0.25, 0.3) is 0 Å².